The summed E-state index contributed by atoms with van der Waals surface area (Å²) in [6.07, 6.45) is 0.356. The lowest BCUT2D eigenvalue weighted by atomic mass is 9.95. The lowest BCUT2D eigenvalue weighted by Crippen LogP contribution is -2.18. The minimum atomic E-state index is -2.73. The van der Waals surface area contributed by atoms with E-state index in [0.29, 0.717) is 77.1 Å². The van der Waals surface area contributed by atoms with Gasteiger partial charge >= 0.3 is 0 Å². The largest absolute Gasteiger partial charge is 0.489 e. The van der Waals surface area contributed by atoms with Crippen LogP contribution in [0, 0.1) is 11.3 Å². The summed E-state index contributed by atoms with van der Waals surface area (Å²) in [6, 6.07) is 19.2. The first-order valence-electron chi connectivity index (χ1n) is 13.4. The molecule has 1 aliphatic heterocycles. The number of benzene rings is 3. The monoisotopic (exact) mass is 573 g/mol. The third kappa shape index (κ3) is 6.94. The Morgan fingerprint density at radius 1 is 0.952 bits per heavy atom. The van der Waals surface area contributed by atoms with E-state index in [2.05, 4.69) is 16.4 Å². The van der Waals surface area contributed by atoms with Crippen LogP contribution in [0.25, 0.3) is 11.1 Å². The number of halogens is 2. The van der Waals surface area contributed by atoms with Crippen molar-refractivity contribution in [2.24, 2.45) is 0 Å². The fourth-order valence-electron chi connectivity index (χ4n) is 4.62. The van der Waals surface area contributed by atoms with Gasteiger partial charge in [0.15, 0.2) is 11.5 Å². The predicted molar refractivity (Wildman–Crippen MR) is 151 cm³/mol. The molecular weight excluding hydrogens is 544 g/mol. The van der Waals surface area contributed by atoms with Crippen molar-refractivity contribution in [1.82, 2.24) is 10.3 Å². The molecule has 2 heterocycles. The van der Waals surface area contributed by atoms with Gasteiger partial charge in [0.2, 0.25) is 0 Å². The van der Waals surface area contributed by atoms with E-state index in [1.807, 2.05) is 6.07 Å². The number of ether oxygens (including phenoxy) is 4. The van der Waals surface area contributed by atoms with Gasteiger partial charge in [-0.3, -0.25) is 4.98 Å². The number of nitrogens with zero attached hydrogens (tertiary/aromatic N) is 2. The Morgan fingerprint density at radius 3 is 2.62 bits per heavy atom. The number of fused-ring (bicyclic) bond motifs is 1. The van der Waals surface area contributed by atoms with Crippen LogP contribution in [0.5, 0.6) is 23.0 Å². The number of nitriles is 1. The Labute approximate surface area is 242 Å². The lowest BCUT2D eigenvalue weighted by Gasteiger charge is -2.20. The number of aliphatic hydroxyl groups excluding tert-OH is 1. The summed E-state index contributed by atoms with van der Waals surface area (Å²) in [5.41, 5.74) is 3.19. The van der Waals surface area contributed by atoms with Crippen LogP contribution in [-0.4, -0.2) is 36.5 Å². The maximum absolute atomic E-state index is 14.4. The Morgan fingerprint density at radius 2 is 1.81 bits per heavy atom. The average molecular weight is 574 g/mol. The van der Waals surface area contributed by atoms with Crippen molar-refractivity contribution in [2.45, 2.75) is 26.2 Å². The summed E-state index contributed by atoms with van der Waals surface area (Å²) >= 11 is 0. The van der Waals surface area contributed by atoms with E-state index in [1.165, 1.54) is 6.20 Å². The van der Waals surface area contributed by atoms with Gasteiger partial charge in [0, 0.05) is 48.2 Å². The van der Waals surface area contributed by atoms with Crippen LogP contribution in [0.2, 0.25) is 0 Å². The van der Waals surface area contributed by atoms with E-state index >= 15 is 0 Å². The molecule has 0 fully saturated rings. The third-order valence-electron chi connectivity index (χ3n) is 6.62. The van der Waals surface area contributed by atoms with Gasteiger partial charge in [-0.05, 0) is 41.0 Å². The van der Waals surface area contributed by atoms with E-state index in [4.69, 9.17) is 29.3 Å². The van der Waals surface area contributed by atoms with Crippen LogP contribution in [0.4, 0.5) is 8.78 Å². The minimum absolute atomic E-state index is 0.0121. The van der Waals surface area contributed by atoms with Gasteiger partial charge in [0.1, 0.15) is 44.0 Å². The Balaban J connectivity index is 1.37. The van der Waals surface area contributed by atoms with Gasteiger partial charge in [-0.25, -0.2) is 8.78 Å². The van der Waals surface area contributed by atoms with Gasteiger partial charge in [-0.1, -0.05) is 30.3 Å². The molecule has 5 rings (SSSR count). The fraction of sp³-hybridized carbons (Fsp3) is 0.250. The second-order valence-corrected chi connectivity index (χ2v) is 9.48. The first-order chi connectivity index (χ1) is 20.6. The van der Waals surface area contributed by atoms with Crippen LogP contribution < -0.4 is 24.3 Å². The molecule has 0 unspecified atom stereocenters. The van der Waals surface area contributed by atoms with Gasteiger partial charge < -0.3 is 29.4 Å². The number of pyridine rings is 1. The number of hydrogen-bond donors (Lipinski definition) is 2. The second-order valence-electron chi connectivity index (χ2n) is 9.48. The molecule has 0 atom stereocenters. The van der Waals surface area contributed by atoms with Crippen molar-refractivity contribution in [3.63, 3.8) is 0 Å². The topological polar surface area (TPSA) is 106 Å². The normalized spacial score (nSPS) is 12.2. The molecule has 0 spiro atoms. The van der Waals surface area contributed by atoms with Crippen molar-refractivity contribution in [3.8, 4) is 40.2 Å². The Kier molecular flexibility index (Phi) is 9.44. The summed E-state index contributed by atoms with van der Waals surface area (Å²) in [4.78, 5) is 4.06. The molecule has 0 radical (unpaired) electrons. The molecule has 0 saturated heterocycles. The Bertz CT molecular complexity index is 1570. The van der Waals surface area contributed by atoms with E-state index in [1.54, 1.807) is 60.8 Å². The molecule has 2 N–H and O–H groups in total. The first-order valence-corrected chi connectivity index (χ1v) is 13.4. The lowest BCUT2D eigenvalue weighted by molar-refractivity contribution is 0.148. The van der Waals surface area contributed by atoms with E-state index in [0.717, 1.165) is 5.56 Å². The zero-order valence-corrected chi connectivity index (χ0v) is 22.7. The van der Waals surface area contributed by atoms with E-state index in [9.17, 15) is 8.78 Å². The molecule has 0 saturated carbocycles. The summed E-state index contributed by atoms with van der Waals surface area (Å²) in [7, 11) is 0. The van der Waals surface area contributed by atoms with Gasteiger partial charge in [-0.15, -0.1) is 0 Å². The molecule has 3 aromatic carbocycles. The van der Waals surface area contributed by atoms with Gasteiger partial charge in [0.05, 0.1) is 12.2 Å². The summed E-state index contributed by atoms with van der Waals surface area (Å²) in [5, 5.41) is 21.4. The number of rotatable bonds is 12. The highest BCUT2D eigenvalue weighted by Crippen LogP contribution is 2.39. The molecule has 216 valence electrons. The molecule has 4 aromatic rings. The minimum Gasteiger partial charge on any atom is -0.489 e. The second kappa shape index (κ2) is 13.8. The number of aromatic nitrogens is 1. The molecule has 1 aliphatic rings. The van der Waals surface area contributed by atoms with Crippen LogP contribution >= 0.6 is 0 Å². The van der Waals surface area contributed by atoms with Crippen LogP contribution in [0.3, 0.4) is 0 Å². The van der Waals surface area contributed by atoms with Crippen LogP contribution in [0.1, 0.15) is 34.2 Å². The van der Waals surface area contributed by atoms with Gasteiger partial charge in [-0.2, -0.15) is 5.26 Å². The van der Waals surface area contributed by atoms with E-state index < -0.39 is 6.43 Å². The summed E-state index contributed by atoms with van der Waals surface area (Å²) < 4.78 is 52.1. The molecule has 42 heavy (non-hydrogen) atoms. The van der Waals surface area contributed by atoms with Crippen molar-refractivity contribution in [1.29, 1.82) is 5.26 Å². The van der Waals surface area contributed by atoms with Crippen LogP contribution in [-0.2, 0) is 19.8 Å². The molecule has 10 heteroatoms. The van der Waals surface area contributed by atoms with Gasteiger partial charge in [0.25, 0.3) is 6.43 Å². The molecule has 0 aliphatic carbocycles. The molecule has 8 nitrogen and oxygen atoms in total. The van der Waals surface area contributed by atoms with Crippen molar-refractivity contribution in [2.75, 3.05) is 26.4 Å². The maximum atomic E-state index is 14.4. The smallest absolute Gasteiger partial charge is 0.264 e. The zero-order valence-electron chi connectivity index (χ0n) is 22.7. The standard InChI is InChI=1S/C32H29F2N3O5/c33-32(34)31-25(2-1-3-27(31)23-5-7-28-30(13-23)40-11-10-39-28)20-41-26-6-4-24(18-36-8-9-38)29(14-26)42-19-22-12-21(15-35)16-37-17-22/h1-7,12-14,16-17,32,36,38H,8-11,18-20H2. The SMILES string of the molecule is N#Cc1cncc(COc2cc(OCc3cccc(-c4ccc5c(c4)OCCO5)c3C(F)F)ccc2CNCCO)c1. The van der Waals surface area contributed by atoms with Crippen LogP contribution in [0.15, 0.2) is 73.1 Å². The third-order valence-corrected chi connectivity index (χ3v) is 6.62. The average Bonchev–Trinajstić information content (AvgIpc) is 3.03. The number of hydrogen-bond acceptors (Lipinski definition) is 8. The zero-order chi connectivity index (χ0) is 29.3. The van der Waals surface area contributed by atoms with E-state index in [-0.39, 0.29) is 25.4 Å². The first kappa shape index (κ1) is 28.8. The van der Waals surface area contributed by atoms with Crippen molar-refractivity contribution in [3.05, 3.63) is 101 Å². The summed E-state index contributed by atoms with van der Waals surface area (Å²) in [6.45, 7) is 1.74. The van der Waals surface area contributed by atoms with Crippen molar-refractivity contribution >= 4 is 0 Å². The molecule has 1 aromatic heterocycles. The summed E-state index contributed by atoms with van der Waals surface area (Å²) in [5.74, 6) is 2.06. The number of alkyl halides is 2. The quantitative estimate of drug-likeness (QED) is 0.212. The predicted octanol–water partition coefficient (Wildman–Crippen LogP) is 5.57. The molecule has 0 bridgehead atoms. The molecular formula is C32H29F2N3O5. The number of aliphatic hydroxyl groups is 1. The fourth-order valence-corrected chi connectivity index (χ4v) is 4.62. The van der Waals surface area contributed by atoms with Crippen molar-refractivity contribution < 1.29 is 32.8 Å². The maximum Gasteiger partial charge on any atom is 0.264 e. The number of nitrogens with one attached hydrogen (secondary N) is 1. The molecule has 0 amide bonds. The highest BCUT2D eigenvalue weighted by molar-refractivity contribution is 5.72. The Hall–Kier alpha value is -4.72. The highest BCUT2D eigenvalue weighted by Gasteiger charge is 2.21. The highest BCUT2D eigenvalue weighted by atomic mass is 19.3.